The molecule has 0 atom stereocenters. The van der Waals surface area contributed by atoms with Gasteiger partial charge in [0.25, 0.3) is 0 Å². The molecule has 0 bridgehead atoms. The summed E-state index contributed by atoms with van der Waals surface area (Å²) in [5, 5.41) is 15.8. The minimum atomic E-state index is -0.337. The molecule has 1 radical (unpaired) electrons. The van der Waals surface area contributed by atoms with E-state index in [4.69, 9.17) is 13.8 Å². The number of rotatable bonds is 10. The summed E-state index contributed by atoms with van der Waals surface area (Å²) in [6, 6.07) is 20.6. The van der Waals surface area contributed by atoms with Gasteiger partial charge in [-0.15, -0.1) is 29.1 Å². The van der Waals surface area contributed by atoms with E-state index < -0.39 is 0 Å². The Kier molecular flexibility index (Phi) is 12.9. The van der Waals surface area contributed by atoms with Crippen molar-refractivity contribution < 1.29 is 38.8 Å². The Morgan fingerprint density at radius 2 is 1.45 bits per heavy atom. The molecule has 0 saturated carbocycles. The van der Waals surface area contributed by atoms with Crippen LogP contribution in [0, 0.1) is 29.7 Å². The first kappa shape index (κ1) is 42.0. The standard InChI is InChI=1S/C32H30NO2.C15H28O2.Ir/c1-18(2)13-27-19(3)24-16-25-23-11-12-33-30(31(23)35-29(25)17-28(24)34-27)21-14-20-9-7-8-10-22(20)26(15-21)32(4,5)6;1-7-14(5,8-2)12(16)11-13(17)15(6,9-3)10-4;/h7-12,15-18H,13H2,1-6H3;11,16H,7-10H2,1-6H3;/q-1;;/b;12-11-;. The average molecular weight is 893 g/mol. The Morgan fingerprint density at radius 3 is 2.06 bits per heavy atom. The smallest absolute Gasteiger partial charge is 0.164 e. The van der Waals surface area contributed by atoms with E-state index >= 15 is 0 Å². The Morgan fingerprint density at radius 1 is 0.830 bits per heavy atom. The fourth-order valence-corrected chi connectivity index (χ4v) is 6.89. The number of ketones is 1. The summed E-state index contributed by atoms with van der Waals surface area (Å²) in [6.45, 7) is 25.4. The number of carbonyl (C=O) groups excluding carboxylic acids is 1. The van der Waals surface area contributed by atoms with Crippen LogP contribution in [0.25, 0.3) is 54.9 Å². The third-order valence-electron chi connectivity index (χ3n) is 11.6. The Bertz CT molecular complexity index is 2250. The molecule has 0 aliphatic carbocycles. The van der Waals surface area contributed by atoms with Crippen LogP contribution in [-0.2, 0) is 36.7 Å². The number of aromatic nitrogens is 1. The van der Waals surface area contributed by atoms with E-state index in [1.807, 2.05) is 59.9 Å². The van der Waals surface area contributed by atoms with Gasteiger partial charge < -0.3 is 13.9 Å². The van der Waals surface area contributed by atoms with E-state index in [-0.39, 0.29) is 47.9 Å². The van der Waals surface area contributed by atoms with E-state index in [1.165, 1.54) is 22.6 Å². The van der Waals surface area contributed by atoms with Gasteiger partial charge in [0.2, 0.25) is 0 Å². The summed E-state index contributed by atoms with van der Waals surface area (Å²) in [6.07, 6.45) is 7.57. The fourth-order valence-electron chi connectivity index (χ4n) is 6.89. The first-order chi connectivity index (χ1) is 24.5. The molecular weight excluding hydrogens is 835 g/mol. The molecule has 0 amide bonds. The molecule has 0 spiro atoms. The van der Waals surface area contributed by atoms with Gasteiger partial charge in [0.15, 0.2) is 5.78 Å². The van der Waals surface area contributed by atoms with Crippen LogP contribution in [0.2, 0.25) is 0 Å². The average Bonchev–Trinajstić information content (AvgIpc) is 3.64. The summed E-state index contributed by atoms with van der Waals surface area (Å²) in [4.78, 5) is 17.0. The molecule has 0 unspecified atom stereocenters. The summed E-state index contributed by atoms with van der Waals surface area (Å²) in [5.41, 5.74) is 6.16. The van der Waals surface area contributed by atoms with Gasteiger partial charge in [0, 0.05) is 77.5 Å². The second-order valence-electron chi connectivity index (χ2n) is 16.6. The zero-order chi connectivity index (χ0) is 38.2. The van der Waals surface area contributed by atoms with Crippen LogP contribution in [0.4, 0.5) is 0 Å². The predicted molar refractivity (Wildman–Crippen MR) is 218 cm³/mol. The molecule has 53 heavy (non-hydrogen) atoms. The van der Waals surface area contributed by atoms with Crippen LogP contribution in [0.15, 0.2) is 75.4 Å². The van der Waals surface area contributed by atoms with Gasteiger partial charge in [0.05, 0.1) is 0 Å². The van der Waals surface area contributed by atoms with E-state index in [1.54, 1.807) is 0 Å². The maximum Gasteiger partial charge on any atom is 0.164 e. The van der Waals surface area contributed by atoms with Gasteiger partial charge in [-0.3, -0.25) is 9.78 Å². The molecule has 6 aromatic rings. The number of benzene rings is 3. The van der Waals surface area contributed by atoms with Crippen molar-refractivity contribution >= 4 is 49.5 Å². The molecule has 0 fully saturated rings. The number of carbonyl (C=O) groups is 1. The number of aliphatic hydroxyl groups is 1. The van der Waals surface area contributed by atoms with Crippen molar-refractivity contribution in [1.82, 2.24) is 4.98 Å². The van der Waals surface area contributed by atoms with Gasteiger partial charge in [-0.2, -0.15) is 0 Å². The summed E-state index contributed by atoms with van der Waals surface area (Å²) in [7, 11) is 0. The second kappa shape index (κ2) is 16.3. The third kappa shape index (κ3) is 8.35. The minimum Gasteiger partial charge on any atom is -0.512 e. The molecule has 5 nitrogen and oxygen atoms in total. The number of hydrogen-bond donors (Lipinski definition) is 1. The summed E-state index contributed by atoms with van der Waals surface area (Å²) < 4.78 is 12.7. The quantitative estimate of drug-likeness (QED) is 0.0842. The van der Waals surface area contributed by atoms with Gasteiger partial charge in [0.1, 0.15) is 28.3 Å². The van der Waals surface area contributed by atoms with E-state index in [2.05, 4.69) is 84.0 Å². The van der Waals surface area contributed by atoms with Gasteiger partial charge >= 0.3 is 0 Å². The van der Waals surface area contributed by atoms with Crippen molar-refractivity contribution in [2.45, 2.75) is 121 Å². The van der Waals surface area contributed by atoms with Gasteiger partial charge in [-0.05, 0) is 61.6 Å². The van der Waals surface area contributed by atoms with Crippen LogP contribution in [0.1, 0.15) is 119 Å². The SMILES string of the molecule is CCC(C)(CC)C(=O)/C=C(\O)C(C)(CC)CC.Cc1c(CC(C)C)oc2cc3oc4c(-c5[c-]c6ccccc6c(C(C)(C)C)c5)nccc4c3cc12.[Ir]. The van der Waals surface area contributed by atoms with Crippen LogP contribution >= 0.6 is 0 Å². The van der Waals surface area contributed by atoms with Crippen molar-refractivity contribution in [3.63, 3.8) is 0 Å². The molecule has 3 heterocycles. The molecule has 0 aliphatic rings. The van der Waals surface area contributed by atoms with Gasteiger partial charge in [-0.25, -0.2) is 0 Å². The Balaban J connectivity index is 0.000000299. The predicted octanol–water partition coefficient (Wildman–Crippen LogP) is 13.8. The molecule has 6 heteroatoms. The number of nitrogens with zero attached hydrogens (tertiary/aromatic N) is 1. The molecule has 6 rings (SSSR count). The monoisotopic (exact) mass is 893 g/mol. The summed E-state index contributed by atoms with van der Waals surface area (Å²) in [5.74, 6) is 1.89. The molecular formula is C47H58IrNO4-. The molecule has 3 aromatic heterocycles. The molecule has 1 N–H and O–H groups in total. The van der Waals surface area contributed by atoms with E-state index in [9.17, 15) is 9.90 Å². The first-order valence-electron chi connectivity index (χ1n) is 19.1. The second-order valence-corrected chi connectivity index (χ2v) is 16.6. The topological polar surface area (TPSA) is 76.5 Å². The van der Waals surface area contributed by atoms with E-state index in [0.717, 1.165) is 87.4 Å². The van der Waals surface area contributed by atoms with Crippen LogP contribution in [-0.4, -0.2) is 15.9 Å². The summed E-state index contributed by atoms with van der Waals surface area (Å²) >= 11 is 0. The maximum atomic E-state index is 12.2. The van der Waals surface area contributed by atoms with Crippen molar-refractivity contribution in [2.75, 3.05) is 0 Å². The minimum absolute atomic E-state index is 0. The molecule has 3 aromatic carbocycles. The molecule has 0 aliphatic heterocycles. The van der Waals surface area contributed by atoms with Crippen LogP contribution in [0.3, 0.4) is 0 Å². The normalized spacial score (nSPS) is 12.8. The van der Waals surface area contributed by atoms with Gasteiger partial charge in [-0.1, -0.05) is 105 Å². The number of hydrogen-bond acceptors (Lipinski definition) is 5. The zero-order valence-corrected chi connectivity index (χ0v) is 36.2. The van der Waals surface area contributed by atoms with E-state index in [0.29, 0.717) is 5.92 Å². The number of pyridine rings is 1. The van der Waals surface area contributed by atoms with Crippen molar-refractivity contribution in [3.8, 4) is 11.3 Å². The third-order valence-corrected chi connectivity index (χ3v) is 11.6. The van der Waals surface area contributed by atoms with Crippen molar-refractivity contribution in [1.29, 1.82) is 0 Å². The largest absolute Gasteiger partial charge is 0.512 e. The Labute approximate surface area is 330 Å². The van der Waals surface area contributed by atoms with Crippen molar-refractivity contribution in [3.05, 3.63) is 89.5 Å². The first-order valence-corrected chi connectivity index (χ1v) is 19.1. The fraction of sp³-hybridized carbons (Fsp3) is 0.447. The number of furan rings is 2. The van der Waals surface area contributed by atoms with Crippen molar-refractivity contribution in [2.24, 2.45) is 16.7 Å². The van der Waals surface area contributed by atoms with Crippen LogP contribution in [0.5, 0.6) is 0 Å². The number of allylic oxidation sites excluding steroid dienone is 2. The Hall–Kier alpha value is -3.73. The number of aliphatic hydroxyl groups excluding tert-OH is 1. The molecule has 285 valence electrons. The maximum absolute atomic E-state index is 12.2. The van der Waals surface area contributed by atoms with Crippen LogP contribution < -0.4 is 0 Å². The number of aryl methyl sites for hydroxylation is 1. The molecule has 0 saturated heterocycles. The zero-order valence-electron chi connectivity index (χ0n) is 33.8. The number of fused-ring (bicyclic) bond motifs is 5.